The van der Waals surface area contributed by atoms with Gasteiger partial charge in [-0.15, -0.1) is 0 Å². The van der Waals surface area contributed by atoms with Gasteiger partial charge in [-0.2, -0.15) is 49.5 Å². The largest absolute Gasteiger partial charge is 0.490 e. The van der Waals surface area contributed by atoms with E-state index in [9.17, 15) is 69.5 Å². The van der Waals surface area contributed by atoms with Crippen LogP contribution in [0.2, 0.25) is 0 Å². The van der Waals surface area contributed by atoms with Crippen molar-refractivity contribution >= 4 is 29.5 Å². The SMILES string of the molecule is Nc1ccn([C@@H]2O[C@H](CO)[C@@H](O)[C@H]2O)c(=O)n1.Nc1ccn([C@@H]2O[C@H](CO)[C@@H](O)[C@H]2O)c(=O)n1.O=C(O)C(F)(F)F.O=C(O)C(F)(F)F.O=C(O)C(F)(F)F. The number of hydrogen-bond donors (Lipinski definition) is 11. The molecule has 13 N–H and O–H groups in total. The molecule has 2 saturated heterocycles. The topological polar surface area (TPSA) is 374 Å². The molecule has 55 heavy (non-hydrogen) atoms. The lowest BCUT2D eigenvalue weighted by Crippen LogP contribution is -2.36. The third kappa shape index (κ3) is 15.6. The van der Waals surface area contributed by atoms with Crippen LogP contribution in [0.25, 0.3) is 0 Å². The van der Waals surface area contributed by atoms with Crippen molar-refractivity contribution in [3.63, 3.8) is 0 Å². The van der Waals surface area contributed by atoms with E-state index in [1.165, 1.54) is 24.5 Å². The summed E-state index contributed by atoms with van der Waals surface area (Å²) in [6.45, 7) is -0.905. The molecule has 4 rings (SSSR count). The second kappa shape index (κ2) is 20.5. The number of aromatic nitrogens is 4. The highest BCUT2D eigenvalue weighted by atomic mass is 19.4. The lowest BCUT2D eigenvalue weighted by atomic mass is 10.1. The molecule has 2 aliphatic heterocycles. The number of carboxylic acids is 3. The van der Waals surface area contributed by atoms with Crippen molar-refractivity contribution in [2.75, 3.05) is 24.7 Å². The predicted molar refractivity (Wildman–Crippen MR) is 153 cm³/mol. The van der Waals surface area contributed by atoms with Crippen molar-refractivity contribution in [2.45, 2.75) is 67.6 Å². The number of aliphatic hydroxyl groups excluding tert-OH is 6. The van der Waals surface area contributed by atoms with E-state index in [0.717, 1.165) is 9.13 Å². The highest BCUT2D eigenvalue weighted by molar-refractivity contribution is 5.73. The highest BCUT2D eigenvalue weighted by Crippen LogP contribution is 2.29. The Kier molecular flexibility index (Phi) is 18.6. The van der Waals surface area contributed by atoms with Crippen molar-refractivity contribution in [2.24, 2.45) is 0 Å². The van der Waals surface area contributed by atoms with E-state index in [1.807, 2.05) is 0 Å². The summed E-state index contributed by atoms with van der Waals surface area (Å²) in [6.07, 6.45) is -21.8. The van der Waals surface area contributed by atoms with Gasteiger partial charge >= 0.3 is 47.8 Å². The van der Waals surface area contributed by atoms with Crippen LogP contribution >= 0.6 is 0 Å². The zero-order valence-electron chi connectivity index (χ0n) is 26.6. The smallest absolute Gasteiger partial charge is 0.475 e. The van der Waals surface area contributed by atoms with Gasteiger partial charge in [0.25, 0.3) is 0 Å². The van der Waals surface area contributed by atoms with Crippen LogP contribution in [0.5, 0.6) is 0 Å². The summed E-state index contributed by atoms with van der Waals surface area (Å²) < 4.78 is 108. The molecule has 0 saturated carbocycles. The number of carboxylic acid groups (broad SMARTS) is 3. The third-order valence-electron chi connectivity index (χ3n) is 6.01. The Morgan fingerprint density at radius 1 is 0.600 bits per heavy atom. The van der Waals surface area contributed by atoms with Gasteiger partial charge in [0.05, 0.1) is 13.2 Å². The molecule has 0 spiro atoms. The molecule has 0 unspecified atom stereocenters. The fourth-order valence-electron chi connectivity index (χ4n) is 3.46. The molecule has 22 nitrogen and oxygen atoms in total. The zero-order chi connectivity index (χ0) is 43.4. The Morgan fingerprint density at radius 3 is 1.00 bits per heavy atom. The quantitative estimate of drug-likeness (QED) is 0.135. The standard InChI is InChI=1S/2C9H13N3O5.3C2HF3O2/c2*10-5-1-2-12(9(16)11-5)8-7(15)6(14)4(3-13)17-8;3*3-2(4,5)1(6)7/h2*1-2,4,6-8,13-15H,3H2,(H2,10,11,16);3*(H,6,7)/t2*4-,6-,7-,8-;;;/m11.../s1. The number of halogens is 9. The Morgan fingerprint density at radius 2 is 0.836 bits per heavy atom. The Labute approximate surface area is 296 Å². The van der Waals surface area contributed by atoms with Crippen molar-refractivity contribution in [3.05, 3.63) is 45.5 Å². The highest BCUT2D eigenvalue weighted by Gasteiger charge is 2.45. The van der Waals surface area contributed by atoms with E-state index < -0.39 is 110 Å². The molecule has 0 aliphatic carbocycles. The first-order valence-electron chi connectivity index (χ1n) is 13.8. The van der Waals surface area contributed by atoms with Crippen LogP contribution in [-0.2, 0) is 23.9 Å². The van der Waals surface area contributed by atoms with Crippen LogP contribution in [0.15, 0.2) is 34.1 Å². The third-order valence-corrected chi connectivity index (χ3v) is 6.01. The molecule has 0 bridgehead atoms. The minimum atomic E-state index is -5.08. The maximum Gasteiger partial charge on any atom is 0.490 e. The number of nitrogens with two attached hydrogens (primary N) is 2. The first kappa shape index (κ1) is 49.8. The van der Waals surface area contributed by atoms with Gasteiger partial charge in [0.2, 0.25) is 0 Å². The van der Waals surface area contributed by atoms with E-state index in [-0.39, 0.29) is 11.6 Å². The van der Waals surface area contributed by atoms with E-state index in [1.54, 1.807) is 0 Å². The lowest BCUT2D eigenvalue weighted by Gasteiger charge is -2.16. The number of hydrogen-bond acceptors (Lipinski definition) is 17. The number of anilines is 2. The van der Waals surface area contributed by atoms with Crippen LogP contribution in [0.3, 0.4) is 0 Å². The van der Waals surface area contributed by atoms with Crippen molar-refractivity contribution in [1.29, 1.82) is 0 Å². The fraction of sp³-hybridized carbons (Fsp3) is 0.542. The molecule has 2 aromatic heterocycles. The first-order valence-corrected chi connectivity index (χ1v) is 13.8. The monoisotopic (exact) mass is 828 g/mol. The normalized spacial score (nSPS) is 24.6. The van der Waals surface area contributed by atoms with Gasteiger partial charge < -0.3 is 66.9 Å². The van der Waals surface area contributed by atoms with Gasteiger partial charge in [-0.3, -0.25) is 9.13 Å². The summed E-state index contributed by atoms with van der Waals surface area (Å²) >= 11 is 0. The molecule has 0 amide bonds. The molecule has 4 heterocycles. The number of rotatable bonds is 4. The second-order valence-electron chi connectivity index (χ2n) is 9.95. The second-order valence-corrected chi connectivity index (χ2v) is 9.95. The maximum atomic E-state index is 11.5. The number of nitrogen functional groups attached to an aromatic ring is 2. The summed E-state index contributed by atoms with van der Waals surface area (Å²) in [5.41, 5.74) is 9.26. The first-order chi connectivity index (χ1) is 24.9. The van der Waals surface area contributed by atoms with Crippen LogP contribution < -0.4 is 22.8 Å². The molecule has 0 aromatic carbocycles. The summed E-state index contributed by atoms with van der Waals surface area (Å²) in [7, 11) is 0. The summed E-state index contributed by atoms with van der Waals surface area (Å²) in [5, 5.41) is 77.7. The van der Waals surface area contributed by atoms with Gasteiger partial charge in [0.15, 0.2) is 12.5 Å². The zero-order valence-corrected chi connectivity index (χ0v) is 26.6. The van der Waals surface area contributed by atoms with Crippen LogP contribution in [0, 0.1) is 0 Å². The minimum absolute atomic E-state index is 0.0537. The van der Waals surface area contributed by atoms with Crippen molar-refractivity contribution in [3.8, 4) is 0 Å². The number of nitrogens with zero attached hydrogens (tertiary/aromatic N) is 4. The van der Waals surface area contributed by atoms with Crippen molar-refractivity contribution < 1.29 is 109 Å². The molecule has 2 aromatic rings. The maximum absolute atomic E-state index is 11.5. The fourth-order valence-corrected chi connectivity index (χ4v) is 3.46. The number of aliphatic carboxylic acids is 3. The lowest BCUT2D eigenvalue weighted by molar-refractivity contribution is -0.193. The summed E-state index contributed by atoms with van der Waals surface area (Å²) in [6, 6.07) is 2.74. The van der Waals surface area contributed by atoms with Crippen LogP contribution in [0.4, 0.5) is 51.1 Å². The van der Waals surface area contributed by atoms with E-state index in [2.05, 4.69) is 9.97 Å². The Balaban J connectivity index is 0.000000714. The molecule has 2 fully saturated rings. The number of aliphatic hydroxyl groups is 6. The van der Waals surface area contributed by atoms with E-state index in [4.69, 9.17) is 60.9 Å². The molecule has 2 aliphatic rings. The summed E-state index contributed by atoms with van der Waals surface area (Å²) in [5.74, 6) is -8.16. The van der Waals surface area contributed by atoms with Gasteiger partial charge in [-0.1, -0.05) is 0 Å². The van der Waals surface area contributed by atoms with Gasteiger partial charge in [-0.05, 0) is 12.1 Å². The van der Waals surface area contributed by atoms with Gasteiger partial charge in [0, 0.05) is 12.4 Å². The molecular weight excluding hydrogens is 799 g/mol. The number of alkyl halides is 9. The van der Waals surface area contributed by atoms with Crippen LogP contribution in [-0.4, -0.2) is 151 Å². The van der Waals surface area contributed by atoms with Crippen molar-refractivity contribution in [1.82, 2.24) is 19.1 Å². The Hall–Kier alpha value is -5.18. The number of carbonyl (C=O) groups is 3. The molecule has 31 heteroatoms. The Bertz CT molecular complexity index is 1550. The molecule has 0 radical (unpaired) electrons. The predicted octanol–water partition coefficient (Wildman–Crippen LogP) is -3.23. The number of ether oxygens (including phenoxy) is 2. The molecular formula is C24H29F9N6O16. The molecule has 314 valence electrons. The van der Waals surface area contributed by atoms with Gasteiger partial charge in [-0.25, -0.2) is 24.0 Å². The average Bonchev–Trinajstić information content (AvgIpc) is 3.50. The minimum Gasteiger partial charge on any atom is -0.475 e. The van der Waals surface area contributed by atoms with Crippen LogP contribution in [0.1, 0.15) is 12.5 Å². The van der Waals surface area contributed by atoms with Gasteiger partial charge in [0.1, 0.15) is 48.3 Å². The summed E-state index contributed by atoms with van der Waals surface area (Å²) in [4.78, 5) is 56.7. The molecule has 8 atom stereocenters. The van der Waals surface area contributed by atoms with E-state index >= 15 is 0 Å². The van der Waals surface area contributed by atoms with E-state index in [0.29, 0.717) is 0 Å². The average molecular weight is 829 g/mol.